The molecule has 0 N–H and O–H groups in total. The van der Waals surface area contributed by atoms with Crippen LogP contribution in [0.5, 0.6) is 0 Å². The Labute approximate surface area is 121 Å². The van der Waals surface area contributed by atoms with Crippen LogP contribution in [0.15, 0.2) is 23.1 Å². The van der Waals surface area contributed by atoms with Crippen molar-refractivity contribution in [3.05, 3.63) is 29.0 Å². The molecule has 108 valence electrons. The summed E-state index contributed by atoms with van der Waals surface area (Å²) in [7, 11) is -3.00. The Bertz CT molecular complexity index is 646. The fraction of sp³-hybridized carbons (Fsp3) is 0.417. The second kappa shape index (κ2) is 5.30. The lowest BCUT2D eigenvalue weighted by Gasteiger charge is -2.30. The molecule has 0 bridgehead atoms. The van der Waals surface area contributed by atoms with Crippen LogP contribution >= 0.6 is 11.6 Å². The molecule has 20 heavy (non-hydrogen) atoms. The van der Waals surface area contributed by atoms with Gasteiger partial charge in [0.05, 0.1) is 17.7 Å². The van der Waals surface area contributed by atoms with E-state index in [1.807, 2.05) is 6.07 Å². The molecule has 1 aromatic rings. The zero-order valence-electron chi connectivity index (χ0n) is 10.6. The summed E-state index contributed by atoms with van der Waals surface area (Å²) in [5.74, 6) is -0.948. The molecule has 0 amide bonds. The second-order valence-electron chi connectivity index (χ2n) is 4.47. The van der Waals surface area contributed by atoms with Crippen molar-refractivity contribution in [1.29, 1.82) is 5.26 Å². The summed E-state index contributed by atoms with van der Waals surface area (Å²) in [5.41, 5.74) is -1.33. The maximum Gasteiger partial charge on any atom is 0.248 e. The van der Waals surface area contributed by atoms with E-state index in [1.165, 1.54) is 19.2 Å². The van der Waals surface area contributed by atoms with Crippen LogP contribution in [0.4, 0.5) is 4.39 Å². The van der Waals surface area contributed by atoms with Gasteiger partial charge in [-0.1, -0.05) is 17.7 Å². The van der Waals surface area contributed by atoms with E-state index in [2.05, 4.69) is 0 Å². The zero-order chi connectivity index (χ0) is 15.0. The van der Waals surface area contributed by atoms with E-state index < -0.39 is 26.3 Å². The normalized spacial score (nSPS) is 22.9. The molecule has 0 aromatic heterocycles. The summed E-state index contributed by atoms with van der Waals surface area (Å²) in [6, 6.07) is 5.56. The molecule has 1 heterocycles. The maximum absolute atomic E-state index is 13.8. The molecule has 2 rings (SSSR count). The third-order valence-electron chi connectivity index (χ3n) is 3.35. The van der Waals surface area contributed by atoms with E-state index in [0.717, 1.165) is 10.4 Å². The van der Waals surface area contributed by atoms with Gasteiger partial charge in [-0.15, -0.1) is 0 Å². The van der Waals surface area contributed by atoms with Gasteiger partial charge in [0.1, 0.15) is 16.3 Å². The zero-order valence-corrected chi connectivity index (χ0v) is 12.2. The van der Waals surface area contributed by atoms with Crippen LogP contribution in [0.25, 0.3) is 0 Å². The lowest BCUT2D eigenvalue weighted by atomic mass is 10.0. The van der Waals surface area contributed by atoms with Gasteiger partial charge in [0.25, 0.3) is 0 Å². The molecule has 1 aliphatic heterocycles. The number of hydrogen-bond acceptors (Lipinski definition) is 4. The number of rotatable bonds is 3. The molecule has 0 spiro atoms. The smallest absolute Gasteiger partial charge is 0.248 e. The van der Waals surface area contributed by atoms with Crippen LogP contribution in [0.1, 0.15) is 6.42 Å². The molecule has 0 aliphatic carbocycles. The Morgan fingerprint density at radius 1 is 1.55 bits per heavy atom. The number of hydrogen-bond donors (Lipinski definition) is 0. The predicted molar refractivity (Wildman–Crippen MR) is 70.1 cm³/mol. The van der Waals surface area contributed by atoms with E-state index in [-0.39, 0.29) is 24.7 Å². The third-order valence-corrected chi connectivity index (χ3v) is 5.78. The molecular formula is C12H12ClFN2O3S. The summed E-state index contributed by atoms with van der Waals surface area (Å²) in [6.45, 7) is 0.226. The van der Waals surface area contributed by atoms with Crippen molar-refractivity contribution >= 4 is 21.6 Å². The van der Waals surface area contributed by atoms with Crippen molar-refractivity contribution in [2.24, 2.45) is 0 Å². The number of ether oxygens (including phenoxy) is 1. The average molecular weight is 319 g/mol. The summed E-state index contributed by atoms with van der Waals surface area (Å²) >= 11 is 5.79. The summed E-state index contributed by atoms with van der Waals surface area (Å²) in [5, 5.41) is 9.05. The number of nitrogens with zero attached hydrogens (tertiary/aromatic N) is 2. The monoisotopic (exact) mass is 318 g/mol. The fourth-order valence-electron chi connectivity index (χ4n) is 2.06. The molecule has 1 fully saturated rings. The number of likely N-dealkylation sites (N-methyl/N-ethyl adjacent to an activating group) is 1. The van der Waals surface area contributed by atoms with Crippen LogP contribution in [0.3, 0.4) is 0 Å². The number of halogens is 2. The first kappa shape index (κ1) is 15.2. The van der Waals surface area contributed by atoms with Crippen LogP contribution in [0, 0.1) is 17.1 Å². The molecule has 0 saturated carbocycles. The molecular weight excluding hydrogens is 307 g/mol. The Kier molecular flexibility index (Phi) is 4.02. The van der Waals surface area contributed by atoms with Gasteiger partial charge in [-0.3, -0.25) is 0 Å². The van der Waals surface area contributed by atoms with E-state index in [4.69, 9.17) is 16.3 Å². The number of sulfonamides is 1. The predicted octanol–water partition coefficient (Wildman–Crippen LogP) is 1.78. The molecule has 1 unspecified atom stereocenters. The van der Waals surface area contributed by atoms with Gasteiger partial charge in [-0.05, 0) is 12.1 Å². The van der Waals surface area contributed by atoms with Gasteiger partial charge >= 0.3 is 0 Å². The van der Waals surface area contributed by atoms with E-state index >= 15 is 0 Å². The van der Waals surface area contributed by atoms with Crippen molar-refractivity contribution in [3.63, 3.8) is 0 Å². The average Bonchev–Trinajstić information content (AvgIpc) is 2.87. The first-order chi connectivity index (χ1) is 9.35. The van der Waals surface area contributed by atoms with Gasteiger partial charge in [0, 0.05) is 20.1 Å². The second-order valence-corrected chi connectivity index (χ2v) is 6.78. The van der Waals surface area contributed by atoms with Gasteiger partial charge in [0.15, 0.2) is 0 Å². The highest BCUT2D eigenvalue weighted by Gasteiger charge is 2.46. The minimum absolute atomic E-state index is 0.0503. The molecule has 1 aliphatic rings. The minimum Gasteiger partial charge on any atom is -0.378 e. The lowest BCUT2D eigenvalue weighted by molar-refractivity contribution is 0.162. The van der Waals surface area contributed by atoms with Crippen LogP contribution < -0.4 is 0 Å². The maximum atomic E-state index is 13.8. The Morgan fingerprint density at radius 3 is 2.75 bits per heavy atom. The number of benzene rings is 1. The van der Waals surface area contributed by atoms with E-state index in [1.54, 1.807) is 0 Å². The largest absolute Gasteiger partial charge is 0.378 e. The van der Waals surface area contributed by atoms with E-state index in [0.29, 0.717) is 0 Å². The van der Waals surface area contributed by atoms with Crippen molar-refractivity contribution in [3.8, 4) is 6.07 Å². The molecule has 0 radical (unpaired) electrons. The van der Waals surface area contributed by atoms with Crippen molar-refractivity contribution in [2.45, 2.75) is 16.9 Å². The quantitative estimate of drug-likeness (QED) is 0.852. The van der Waals surface area contributed by atoms with Gasteiger partial charge in [-0.25, -0.2) is 12.8 Å². The van der Waals surface area contributed by atoms with Gasteiger partial charge in [0.2, 0.25) is 10.0 Å². The highest BCUT2D eigenvalue weighted by atomic mass is 35.5. The van der Waals surface area contributed by atoms with Gasteiger partial charge in [-0.2, -0.15) is 9.57 Å². The first-order valence-corrected chi connectivity index (χ1v) is 7.59. The fourth-order valence-corrected chi connectivity index (χ4v) is 4.06. The lowest BCUT2D eigenvalue weighted by Crippen LogP contribution is -2.49. The van der Waals surface area contributed by atoms with Crippen molar-refractivity contribution in [2.75, 3.05) is 20.3 Å². The summed E-state index contributed by atoms with van der Waals surface area (Å²) in [4.78, 5) is -0.620. The summed E-state index contributed by atoms with van der Waals surface area (Å²) in [6.07, 6.45) is 0.227. The van der Waals surface area contributed by atoms with Crippen molar-refractivity contribution in [1.82, 2.24) is 4.31 Å². The summed E-state index contributed by atoms with van der Waals surface area (Å²) < 4.78 is 44.8. The minimum atomic E-state index is -4.23. The van der Waals surface area contributed by atoms with E-state index in [9.17, 15) is 18.1 Å². The van der Waals surface area contributed by atoms with Crippen molar-refractivity contribution < 1.29 is 17.5 Å². The molecule has 5 nitrogen and oxygen atoms in total. The topological polar surface area (TPSA) is 70.4 Å². The van der Waals surface area contributed by atoms with Crippen LogP contribution in [0.2, 0.25) is 5.02 Å². The van der Waals surface area contributed by atoms with Gasteiger partial charge < -0.3 is 4.74 Å². The Morgan fingerprint density at radius 2 is 2.25 bits per heavy atom. The third kappa shape index (κ3) is 2.29. The Balaban J connectivity index is 2.53. The standard InChI is InChI=1S/C12H12ClFN2O3S/c1-16(12(7-15)5-6-19-8-12)20(17,18)11-9(13)3-2-4-10(11)14/h2-4H,5-6,8H2,1H3. The molecule has 8 heteroatoms. The molecule has 1 saturated heterocycles. The highest BCUT2D eigenvalue weighted by Crippen LogP contribution is 2.33. The highest BCUT2D eigenvalue weighted by molar-refractivity contribution is 7.89. The van der Waals surface area contributed by atoms with Crippen LogP contribution in [-0.2, 0) is 14.8 Å². The first-order valence-electron chi connectivity index (χ1n) is 5.77. The van der Waals surface area contributed by atoms with Crippen LogP contribution in [-0.4, -0.2) is 38.5 Å². The number of nitriles is 1. The molecule has 1 aromatic carbocycles. The molecule has 1 atom stereocenters. The Hall–Kier alpha value is -1.20. The SMILES string of the molecule is CN(C1(C#N)CCOC1)S(=O)(=O)c1c(F)cccc1Cl.